The summed E-state index contributed by atoms with van der Waals surface area (Å²) in [5.41, 5.74) is 5.76. The zero-order valence-electron chi connectivity index (χ0n) is 12.0. The number of amides is 1. The summed E-state index contributed by atoms with van der Waals surface area (Å²) >= 11 is 0. The molecule has 0 heterocycles. The molecule has 0 aromatic rings. The lowest BCUT2D eigenvalue weighted by Crippen LogP contribution is -2.50. The molecule has 0 saturated carbocycles. The van der Waals surface area contributed by atoms with Crippen LogP contribution in [0.5, 0.6) is 0 Å². The topological polar surface area (TPSA) is 142 Å². The van der Waals surface area contributed by atoms with E-state index in [1.165, 1.54) is 13.6 Å². The molecule has 0 saturated heterocycles. The monoisotopic (exact) mass is 309 g/mol. The Morgan fingerprint density at radius 1 is 1.30 bits per heavy atom. The van der Waals surface area contributed by atoms with Crippen molar-refractivity contribution in [3.63, 3.8) is 0 Å². The van der Waals surface area contributed by atoms with E-state index in [0.717, 1.165) is 0 Å². The van der Waals surface area contributed by atoms with Gasteiger partial charge in [-0.3, -0.25) is 14.2 Å². The molecule has 0 rings (SSSR count). The zero-order valence-corrected chi connectivity index (χ0v) is 12.9. The maximum absolute atomic E-state index is 11.6. The second-order valence-corrected chi connectivity index (χ2v) is 7.57. The first kappa shape index (κ1) is 19.1. The number of aliphatic carboxylic acids is 1. The van der Waals surface area contributed by atoms with Crippen molar-refractivity contribution in [2.45, 2.75) is 38.4 Å². The summed E-state index contributed by atoms with van der Waals surface area (Å²) in [6, 6.07) is -1.89. The summed E-state index contributed by atoms with van der Waals surface area (Å²) in [6.45, 7) is 4.54. The third-order valence-electron chi connectivity index (χ3n) is 2.72. The number of hydrogen-bond donors (Lipinski definition) is 5. The lowest BCUT2D eigenvalue weighted by molar-refractivity contribution is -0.141. The minimum Gasteiger partial charge on any atom is -0.480 e. The van der Waals surface area contributed by atoms with Crippen LogP contribution >= 0.6 is 7.37 Å². The maximum atomic E-state index is 11.6. The average molecular weight is 309 g/mol. The Morgan fingerprint density at radius 3 is 2.30 bits per heavy atom. The number of hydrogen-bond acceptors (Lipinski definition) is 5. The van der Waals surface area contributed by atoms with Gasteiger partial charge in [-0.25, -0.2) is 0 Å². The Bertz CT molecular complexity index is 384. The van der Waals surface area contributed by atoms with Gasteiger partial charge in [-0.05, 0) is 20.3 Å². The van der Waals surface area contributed by atoms with Crippen LogP contribution in [0.25, 0.3) is 0 Å². The van der Waals surface area contributed by atoms with Gasteiger partial charge in [-0.15, -0.1) is 0 Å². The Balaban J connectivity index is 4.03. The molecule has 20 heavy (non-hydrogen) atoms. The minimum absolute atomic E-state index is 0.131. The van der Waals surface area contributed by atoms with Crippen molar-refractivity contribution in [3.8, 4) is 0 Å². The van der Waals surface area contributed by atoms with Gasteiger partial charge < -0.3 is 26.4 Å². The summed E-state index contributed by atoms with van der Waals surface area (Å²) in [5.74, 6) is -1.54. The molecule has 0 aromatic carbocycles. The van der Waals surface area contributed by atoms with E-state index in [1.54, 1.807) is 6.92 Å². The van der Waals surface area contributed by atoms with Gasteiger partial charge in [0.1, 0.15) is 6.04 Å². The highest BCUT2D eigenvalue weighted by Crippen LogP contribution is 2.35. The molecule has 0 aliphatic carbocycles. The number of carbonyl (C=O) groups excluding carboxylic acids is 1. The Morgan fingerprint density at radius 2 is 1.85 bits per heavy atom. The van der Waals surface area contributed by atoms with Crippen LogP contribution < -0.4 is 16.4 Å². The van der Waals surface area contributed by atoms with E-state index in [1.807, 2.05) is 0 Å². The lowest BCUT2D eigenvalue weighted by atomic mass is 10.2. The molecule has 1 amide bonds. The molecular formula is C11H24N3O5P. The Labute approximate surface area is 118 Å². The van der Waals surface area contributed by atoms with E-state index in [0.29, 0.717) is 13.0 Å². The van der Waals surface area contributed by atoms with Gasteiger partial charge in [0.25, 0.3) is 0 Å². The predicted octanol–water partition coefficient (Wildman–Crippen LogP) is -0.829. The highest BCUT2D eigenvalue weighted by atomic mass is 31.2. The van der Waals surface area contributed by atoms with E-state index < -0.39 is 31.3 Å². The summed E-state index contributed by atoms with van der Waals surface area (Å²) in [4.78, 5) is 31.4. The fourth-order valence-electron chi connectivity index (χ4n) is 1.33. The minimum atomic E-state index is -3.07. The van der Waals surface area contributed by atoms with E-state index in [-0.39, 0.29) is 12.2 Å². The molecule has 118 valence electrons. The average Bonchev–Trinajstić information content (AvgIpc) is 2.32. The van der Waals surface area contributed by atoms with E-state index in [2.05, 4.69) is 10.6 Å². The van der Waals surface area contributed by atoms with Gasteiger partial charge in [-0.2, -0.15) is 0 Å². The number of carboxylic acid groups (broad SMARTS) is 1. The van der Waals surface area contributed by atoms with Gasteiger partial charge in [0.2, 0.25) is 5.91 Å². The third-order valence-corrected chi connectivity index (χ3v) is 3.81. The second kappa shape index (κ2) is 8.36. The van der Waals surface area contributed by atoms with Crippen LogP contribution in [0.15, 0.2) is 0 Å². The number of rotatable bonds is 9. The van der Waals surface area contributed by atoms with Crippen LogP contribution in [-0.4, -0.2) is 59.4 Å². The molecule has 0 radical (unpaired) electrons. The molecule has 6 N–H and O–H groups in total. The quantitative estimate of drug-likeness (QED) is 0.350. The summed E-state index contributed by atoms with van der Waals surface area (Å²) < 4.78 is 11.1. The molecule has 2 unspecified atom stereocenters. The highest BCUT2D eigenvalue weighted by molar-refractivity contribution is 7.57. The number of carbonyl (C=O) groups is 2. The first-order valence-electron chi connectivity index (χ1n) is 6.34. The fraction of sp³-hybridized carbons (Fsp3) is 0.818. The second-order valence-electron chi connectivity index (χ2n) is 5.02. The van der Waals surface area contributed by atoms with Gasteiger partial charge in [-0.1, -0.05) is 0 Å². The van der Waals surface area contributed by atoms with Crippen molar-refractivity contribution < 1.29 is 24.2 Å². The van der Waals surface area contributed by atoms with Crippen molar-refractivity contribution in [2.75, 3.05) is 19.4 Å². The normalized spacial score (nSPS) is 18.6. The maximum Gasteiger partial charge on any atom is 0.325 e. The summed E-state index contributed by atoms with van der Waals surface area (Å²) in [5, 5.41) is 13.9. The molecule has 0 aromatic heterocycles. The predicted molar refractivity (Wildman–Crippen MR) is 75.9 cm³/mol. The lowest BCUT2D eigenvalue weighted by Gasteiger charge is -2.19. The number of carboxylic acids is 1. The van der Waals surface area contributed by atoms with Crippen molar-refractivity contribution in [1.29, 1.82) is 0 Å². The van der Waals surface area contributed by atoms with Crippen LogP contribution in [0.1, 0.15) is 20.3 Å². The fourth-order valence-corrected chi connectivity index (χ4v) is 2.14. The van der Waals surface area contributed by atoms with Gasteiger partial charge in [0.15, 0.2) is 7.37 Å². The third kappa shape index (κ3) is 9.03. The van der Waals surface area contributed by atoms with Crippen LogP contribution in [0.4, 0.5) is 0 Å². The molecule has 0 aliphatic rings. The molecule has 0 bridgehead atoms. The standard InChI is InChI=1S/C11H24N3O5P/c1-7(10(15)14-8(2)11(16)17)13-6-9(12)4-5-20(3,18)19/h7-9,13H,4-6,12H2,1-3H3,(H,14,15)(H,16,17)(H,18,19)/t7-,8-,9?/m0/s1. The Hall–Kier alpha value is -0.950. The van der Waals surface area contributed by atoms with Crippen LogP contribution in [-0.2, 0) is 14.2 Å². The van der Waals surface area contributed by atoms with Gasteiger partial charge >= 0.3 is 5.97 Å². The zero-order chi connectivity index (χ0) is 15.9. The Kier molecular flexibility index (Phi) is 7.96. The molecular weight excluding hydrogens is 285 g/mol. The first-order chi connectivity index (χ1) is 9.03. The van der Waals surface area contributed by atoms with Crippen molar-refractivity contribution in [2.24, 2.45) is 5.73 Å². The molecule has 0 fully saturated rings. The SMILES string of the molecule is C[C@H](NC(=O)[C@H](C)NCC(N)CCP(C)(=O)O)C(=O)O. The number of nitrogens with one attached hydrogen (secondary N) is 2. The highest BCUT2D eigenvalue weighted by Gasteiger charge is 2.19. The van der Waals surface area contributed by atoms with Crippen LogP contribution in [0.2, 0.25) is 0 Å². The van der Waals surface area contributed by atoms with Gasteiger partial charge in [0.05, 0.1) is 6.04 Å². The largest absolute Gasteiger partial charge is 0.480 e. The van der Waals surface area contributed by atoms with E-state index in [9.17, 15) is 14.2 Å². The van der Waals surface area contributed by atoms with Crippen molar-refractivity contribution in [3.05, 3.63) is 0 Å². The molecule has 0 spiro atoms. The summed E-state index contributed by atoms with van der Waals surface area (Å²) in [7, 11) is -3.07. The molecule has 9 heteroatoms. The smallest absolute Gasteiger partial charge is 0.325 e. The molecule has 4 atom stereocenters. The van der Waals surface area contributed by atoms with Gasteiger partial charge in [0, 0.05) is 25.4 Å². The first-order valence-corrected chi connectivity index (χ1v) is 8.63. The van der Waals surface area contributed by atoms with Crippen molar-refractivity contribution >= 4 is 19.2 Å². The van der Waals surface area contributed by atoms with E-state index >= 15 is 0 Å². The molecule has 0 aliphatic heterocycles. The van der Waals surface area contributed by atoms with E-state index in [4.69, 9.17) is 15.7 Å². The van der Waals surface area contributed by atoms with Crippen LogP contribution in [0.3, 0.4) is 0 Å². The molecule has 8 nitrogen and oxygen atoms in total. The summed E-state index contributed by atoms with van der Waals surface area (Å²) in [6.07, 6.45) is 0.504. The number of nitrogens with two attached hydrogens (primary N) is 1. The van der Waals surface area contributed by atoms with Crippen molar-refractivity contribution in [1.82, 2.24) is 10.6 Å². The van der Waals surface area contributed by atoms with Crippen LogP contribution in [0, 0.1) is 0 Å².